The number of hydrogen-bond donors (Lipinski definition) is 1. The van der Waals surface area contributed by atoms with Crippen LogP contribution < -0.4 is 5.32 Å². The molecule has 3 heteroatoms. The number of rotatable bonds is 0. The third-order valence-corrected chi connectivity index (χ3v) is 5.21. The zero-order chi connectivity index (χ0) is 17.4. The number of nitrogens with one attached hydrogen (secondary N) is 1. The molecule has 3 rings (SSSR count). The van der Waals surface area contributed by atoms with Gasteiger partial charge in [-0.25, -0.2) is 4.98 Å². The van der Waals surface area contributed by atoms with Crippen LogP contribution in [0.25, 0.3) is 5.65 Å². The molecule has 2 unspecified atom stereocenters. The Hall–Kier alpha value is -1.35. The van der Waals surface area contributed by atoms with Gasteiger partial charge in [0.25, 0.3) is 0 Å². The summed E-state index contributed by atoms with van der Waals surface area (Å²) in [5.74, 6) is 1.31. The van der Waals surface area contributed by atoms with Crippen LogP contribution in [0, 0.1) is 25.2 Å². The SMILES string of the molecule is CNC.Cc1ccn2c3c(nc2c1C)C(C)CC(C(C)(C)C)C3. The minimum absolute atomic E-state index is 0.371. The number of imidazole rings is 1. The first kappa shape index (κ1) is 18.0. The van der Waals surface area contributed by atoms with Crippen LogP contribution in [0.4, 0.5) is 0 Å². The monoisotopic (exact) mass is 315 g/mol. The van der Waals surface area contributed by atoms with Gasteiger partial charge >= 0.3 is 0 Å². The molecule has 2 heterocycles. The molecule has 0 radical (unpaired) electrons. The van der Waals surface area contributed by atoms with E-state index in [2.05, 4.69) is 63.5 Å². The molecule has 0 spiro atoms. The Bertz CT molecular complexity index is 676. The van der Waals surface area contributed by atoms with Gasteiger partial charge in [-0.2, -0.15) is 0 Å². The van der Waals surface area contributed by atoms with Gasteiger partial charge in [0.2, 0.25) is 0 Å². The van der Waals surface area contributed by atoms with E-state index in [-0.39, 0.29) is 0 Å². The molecule has 0 fully saturated rings. The predicted molar refractivity (Wildman–Crippen MR) is 99.3 cm³/mol. The highest BCUT2D eigenvalue weighted by Crippen LogP contribution is 2.42. The summed E-state index contributed by atoms with van der Waals surface area (Å²) in [7, 11) is 3.75. The third kappa shape index (κ3) is 3.45. The topological polar surface area (TPSA) is 29.3 Å². The lowest BCUT2D eigenvalue weighted by Gasteiger charge is -2.36. The van der Waals surface area contributed by atoms with E-state index in [4.69, 9.17) is 4.98 Å². The normalized spacial score (nSPS) is 20.9. The van der Waals surface area contributed by atoms with Crippen molar-refractivity contribution >= 4 is 5.65 Å². The first-order chi connectivity index (χ1) is 10.7. The second-order valence-corrected chi connectivity index (χ2v) is 8.16. The van der Waals surface area contributed by atoms with E-state index in [1.807, 2.05) is 14.1 Å². The van der Waals surface area contributed by atoms with E-state index in [9.17, 15) is 0 Å². The smallest absolute Gasteiger partial charge is 0.140 e. The van der Waals surface area contributed by atoms with Crippen molar-refractivity contribution in [3.8, 4) is 0 Å². The molecule has 3 nitrogen and oxygen atoms in total. The second-order valence-electron chi connectivity index (χ2n) is 8.16. The number of pyridine rings is 1. The molecule has 0 amide bonds. The highest BCUT2D eigenvalue weighted by atomic mass is 15.0. The molecular formula is C20H33N3. The average molecular weight is 316 g/mol. The third-order valence-electron chi connectivity index (χ3n) is 5.21. The fourth-order valence-electron chi connectivity index (χ4n) is 3.51. The minimum atomic E-state index is 0.371. The molecule has 1 aliphatic rings. The highest BCUT2D eigenvalue weighted by Gasteiger charge is 2.34. The largest absolute Gasteiger partial charge is 0.323 e. The fraction of sp³-hybridized carbons (Fsp3) is 0.650. The van der Waals surface area contributed by atoms with Crippen molar-refractivity contribution in [2.75, 3.05) is 14.1 Å². The van der Waals surface area contributed by atoms with Crippen LogP contribution in [0.3, 0.4) is 0 Å². The van der Waals surface area contributed by atoms with E-state index in [0.717, 1.165) is 18.0 Å². The predicted octanol–water partition coefficient (Wildman–Crippen LogP) is 4.50. The summed E-state index contributed by atoms with van der Waals surface area (Å²) in [4.78, 5) is 4.97. The lowest BCUT2D eigenvalue weighted by Crippen LogP contribution is -2.28. The van der Waals surface area contributed by atoms with Gasteiger partial charge in [0.15, 0.2) is 0 Å². The van der Waals surface area contributed by atoms with Crippen LogP contribution in [0.5, 0.6) is 0 Å². The van der Waals surface area contributed by atoms with Crippen LogP contribution >= 0.6 is 0 Å². The van der Waals surface area contributed by atoms with Crippen molar-refractivity contribution in [2.45, 2.75) is 60.3 Å². The maximum Gasteiger partial charge on any atom is 0.140 e. The van der Waals surface area contributed by atoms with Crippen LogP contribution in [0.15, 0.2) is 12.3 Å². The van der Waals surface area contributed by atoms with Crippen LogP contribution in [-0.4, -0.2) is 23.5 Å². The van der Waals surface area contributed by atoms with Crippen molar-refractivity contribution in [3.05, 3.63) is 34.8 Å². The van der Waals surface area contributed by atoms with Gasteiger partial charge in [-0.3, -0.25) is 0 Å². The van der Waals surface area contributed by atoms with E-state index in [1.165, 1.54) is 28.9 Å². The quantitative estimate of drug-likeness (QED) is 0.775. The fourth-order valence-corrected chi connectivity index (χ4v) is 3.51. The number of fused-ring (bicyclic) bond motifs is 3. The Kier molecular flexibility index (Phi) is 5.20. The van der Waals surface area contributed by atoms with Crippen LogP contribution in [0.1, 0.15) is 62.5 Å². The number of hydrogen-bond acceptors (Lipinski definition) is 2. The molecule has 128 valence electrons. The molecule has 0 bridgehead atoms. The standard InChI is InChI=1S/C18H26N2.C2H7N/c1-11-7-8-20-15-10-14(18(4,5)6)9-12(2)16(15)19-17(20)13(11)3;1-3-2/h7-8,12,14H,9-10H2,1-6H3;3H,1-2H3. The van der Waals surface area contributed by atoms with Crippen LogP contribution in [-0.2, 0) is 6.42 Å². The van der Waals surface area contributed by atoms with Gasteiger partial charge in [0.05, 0.1) is 5.69 Å². The Morgan fingerprint density at radius 2 is 1.83 bits per heavy atom. The summed E-state index contributed by atoms with van der Waals surface area (Å²) in [6, 6.07) is 2.22. The zero-order valence-electron chi connectivity index (χ0n) is 16.1. The minimum Gasteiger partial charge on any atom is -0.323 e. The van der Waals surface area contributed by atoms with Crippen molar-refractivity contribution < 1.29 is 0 Å². The summed E-state index contributed by atoms with van der Waals surface area (Å²) in [6.07, 6.45) is 4.63. The summed E-state index contributed by atoms with van der Waals surface area (Å²) in [6.45, 7) is 13.8. The zero-order valence-corrected chi connectivity index (χ0v) is 16.1. The lowest BCUT2D eigenvalue weighted by atomic mass is 9.70. The molecular weight excluding hydrogens is 282 g/mol. The molecule has 0 aliphatic heterocycles. The summed E-state index contributed by atoms with van der Waals surface area (Å²) in [5.41, 5.74) is 6.97. The number of nitrogens with zero attached hydrogens (tertiary/aromatic N) is 2. The van der Waals surface area contributed by atoms with Gasteiger partial charge in [-0.15, -0.1) is 0 Å². The summed E-state index contributed by atoms with van der Waals surface area (Å²) >= 11 is 0. The lowest BCUT2D eigenvalue weighted by molar-refractivity contribution is 0.200. The second kappa shape index (κ2) is 6.64. The molecule has 2 atom stereocenters. The highest BCUT2D eigenvalue weighted by molar-refractivity contribution is 5.54. The molecule has 0 saturated carbocycles. The van der Waals surface area contributed by atoms with Crippen molar-refractivity contribution in [3.63, 3.8) is 0 Å². The molecule has 0 saturated heterocycles. The Morgan fingerprint density at radius 1 is 1.22 bits per heavy atom. The van der Waals surface area contributed by atoms with Gasteiger partial charge in [0, 0.05) is 17.8 Å². The van der Waals surface area contributed by atoms with E-state index >= 15 is 0 Å². The molecule has 1 N–H and O–H groups in total. The van der Waals surface area contributed by atoms with Crippen molar-refractivity contribution in [1.82, 2.24) is 14.7 Å². The Morgan fingerprint density at radius 3 is 2.39 bits per heavy atom. The molecule has 2 aromatic heterocycles. The maximum atomic E-state index is 4.97. The van der Waals surface area contributed by atoms with Gasteiger partial charge in [-0.05, 0) is 69.3 Å². The maximum absolute atomic E-state index is 4.97. The number of aryl methyl sites for hydroxylation is 2. The molecule has 23 heavy (non-hydrogen) atoms. The van der Waals surface area contributed by atoms with E-state index in [1.54, 1.807) is 0 Å². The summed E-state index contributed by atoms with van der Waals surface area (Å²) < 4.78 is 2.34. The molecule has 1 aliphatic carbocycles. The first-order valence-electron chi connectivity index (χ1n) is 8.76. The molecule has 0 aromatic carbocycles. The van der Waals surface area contributed by atoms with Crippen molar-refractivity contribution in [2.24, 2.45) is 11.3 Å². The Labute approximate surface area is 141 Å². The molecule has 2 aromatic rings. The first-order valence-corrected chi connectivity index (χ1v) is 8.76. The Balaban J connectivity index is 0.000000595. The van der Waals surface area contributed by atoms with Gasteiger partial charge in [-0.1, -0.05) is 27.7 Å². The van der Waals surface area contributed by atoms with Crippen LogP contribution in [0.2, 0.25) is 0 Å². The van der Waals surface area contributed by atoms with Gasteiger partial charge in [0.1, 0.15) is 5.65 Å². The number of aromatic nitrogens is 2. The van der Waals surface area contributed by atoms with E-state index in [0.29, 0.717) is 11.3 Å². The van der Waals surface area contributed by atoms with Gasteiger partial charge < -0.3 is 9.72 Å². The van der Waals surface area contributed by atoms with E-state index < -0.39 is 0 Å². The average Bonchev–Trinajstić information content (AvgIpc) is 2.83. The van der Waals surface area contributed by atoms with Crippen molar-refractivity contribution in [1.29, 1.82) is 0 Å². The summed E-state index contributed by atoms with van der Waals surface area (Å²) in [5, 5.41) is 2.75.